The van der Waals surface area contributed by atoms with E-state index in [4.69, 9.17) is 5.11 Å². The number of hydrogen-bond donors (Lipinski definition) is 2. The maximum absolute atomic E-state index is 10.9. The number of hydrogen-bond acceptors (Lipinski definition) is 3. The molecular weight excluding hydrogens is 314 g/mol. The zero-order chi connectivity index (χ0) is 13.1. The van der Waals surface area contributed by atoms with Crippen molar-refractivity contribution in [1.82, 2.24) is 0 Å². The van der Waals surface area contributed by atoms with Gasteiger partial charge in [0.1, 0.15) is 0 Å². The second-order valence-corrected chi connectivity index (χ2v) is 5.83. The lowest BCUT2D eigenvalue weighted by Crippen LogP contribution is -2.02. The predicted octanol–water partition coefficient (Wildman–Crippen LogP) is 4.13. The average molecular weight is 326 g/mol. The van der Waals surface area contributed by atoms with E-state index < -0.39 is 5.97 Å². The molecule has 1 heterocycles. The highest BCUT2D eigenvalue weighted by molar-refractivity contribution is 9.10. The second kappa shape index (κ2) is 5.54. The van der Waals surface area contributed by atoms with Crippen molar-refractivity contribution in [1.29, 1.82) is 0 Å². The van der Waals surface area contributed by atoms with E-state index in [0.717, 1.165) is 22.3 Å². The summed E-state index contributed by atoms with van der Waals surface area (Å²) in [5.41, 5.74) is 2.04. The van der Waals surface area contributed by atoms with Crippen molar-refractivity contribution in [2.24, 2.45) is 0 Å². The maximum atomic E-state index is 10.9. The summed E-state index contributed by atoms with van der Waals surface area (Å²) in [6.07, 6.45) is 0. The molecule has 3 nitrogen and oxygen atoms in total. The molecule has 0 atom stereocenters. The van der Waals surface area contributed by atoms with Crippen molar-refractivity contribution in [3.63, 3.8) is 0 Å². The highest BCUT2D eigenvalue weighted by Crippen LogP contribution is 2.21. The van der Waals surface area contributed by atoms with E-state index in [-0.39, 0.29) is 0 Å². The number of halogens is 1. The Balaban J connectivity index is 2.06. The van der Waals surface area contributed by atoms with Gasteiger partial charge in [0.05, 0.1) is 5.56 Å². The minimum Gasteiger partial charge on any atom is -0.478 e. The Bertz CT molecular complexity index is 580. The highest BCUT2D eigenvalue weighted by atomic mass is 79.9. The van der Waals surface area contributed by atoms with Crippen LogP contribution in [0.2, 0.25) is 0 Å². The molecule has 0 fully saturated rings. The monoisotopic (exact) mass is 325 g/mol. The minimum absolute atomic E-state index is 0.347. The Hall–Kier alpha value is -1.33. The van der Waals surface area contributed by atoms with Crippen LogP contribution in [-0.2, 0) is 6.54 Å². The van der Waals surface area contributed by atoms with Gasteiger partial charge in [0.15, 0.2) is 0 Å². The van der Waals surface area contributed by atoms with Crippen LogP contribution in [0.15, 0.2) is 34.1 Å². The van der Waals surface area contributed by atoms with Crippen LogP contribution in [0.3, 0.4) is 0 Å². The quantitative estimate of drug-likeness (QED) is 0.888. The third-order valence-corrected chi connectivity index (χ3v) is 4.24. The van der Waals surface area contributed by atoms with Gasteiger partial charge in [-0.25, -0.2) is 4.79 Å². The molecule has 0 unspecified atom stereocenters. The number of nitrogens with one attached hydrogen (secondary N) is 1. The van der Waals surface area contributed by atoms with Crippen molar-refractivity contribution in [2.75, 3.05) is 5.32 Å². The topological polar surface area (TPSA) is 49.3 Å². The van der Waals surface area contributed by atoms with Gasteiger partial charge in [0.2, 0.25) is 0 Å². The van der Waals surface area contributed by atoms with E-state index in [1.807, 2.05) is 11.4 Å². The molecule has 0 radical (unpaired) electrons. The van der Waals surface area contributed by atoms with Gasteiger partial charge >= 0.3 is 5.97 Å². The van der Waals surface area contributed by atoms with E-state index in [1.54, 1.807) is 30.4 Å². The zero-order valence-corrected chi connectivity index (χ0v) is 12.1. The van der Waals surface area contributed by atoms with Crippen molar-refractivity contribution >= 4 is 38.9 Å². The molecule has 1 aromatic heterocycles. The van der Waals surface area contributed by atoms with Crippen molar-refractivity contribution in [3.05, 3.63) is 50.1 Å². The summed E-state index contributed by atoms with van der Waals surface area (Å²) in [6.45, 7) is 2.54. The standard InChI is InChI=1S/C13H12BrNO2S/c1-8-4-10(2-3-12(8)13(16)17)15-6-11-5-9(14)7-18-11/h2-5,7,15H,6H2,1H3,(H,16,17). The Morgan fingerprint density at radius 2 is 2.22 bits per heavy atom. The van der Waals surface area contributed by atoms with Gasteiger partial charge in [-0.15, -0.1) is 11.3 Å². The number of carboxylic acid groups (broad SMARTS) is 1. The van der Waals surface area contributed by atoms with E-state index in [1.165, 1.54) is 4.88 Å². The van der Waals surface area contributed by atoms with E-state index in [2.05, 4.69) is 27.3 Å². The number of anilines is 1. The van der Waals surface area contributed by atoms with E-state index in [9.17, 15) is 4.79 Å². The van der Waals surface area contributed by atoms with Gasteiger partial charge in [0.25, 0.3) is 0 Å². The summed E-state index contributed by atoms with van der Waals surface area (Å²) < 4.78 is 1.08. The molecule has 2 N–H and O–H groups in total. The first kappa shape index (κ1) is 13.1. The molecule has 0 aliphatic carbocycles. The number of rotatable bonds is 4. The number of carboxylic acids is 1. The number of benzene rings is 1. The van der Waals surface area contributed by atoms with E-state index in [0.29, 0.717) is 5.56 Å². The summed E-state index contributed by atoms with van der Waals surface area (Å²) in [5.74, 6) is -0.888. The molecule has 0 aliphatic heterocycles. The highest BCUT2D eigenvalue weighted by Gasteiger charge is 2.07. The normalized spacial score (nSPS) is 10.3. The van der Waals surface area contributed by atoms with Gasteiger partial charge < -0.3 is 10.4 Å². The lowest BCUT2D eigenvalue weighted by Gasteiger charge is -2.07. The molecule has 94 valence electrons. The smallest absolute Gasteiger partial charge is 0.335 e. The van der Waals surface area contributed by atoms with Gasteiger partial charge in [0, 0.05) is 27.0 Å². The van der Waals surface area contributed by atoms with Crippen molar-refractivity contribution in [3.8, 4) is 0 Å². The molecular formula is C13H12BrNO2S. The molecule has 0 spiro atoms. The largest absolute Gasteiger partial charge is 0.478 e. The molecule has 5 heteroatoms. The summed E-state index contributed by atoms with van der Waals surface area (Å²) in [6, 6.07) is 7.34. The van der Waals surface area contributed by atoms with Gasteiger partial charge in [-0.2, -0.15) is 0 Å². The molecule has 0 saturated heterocycles. The Morgan fingerprint density at radius 3 is 2.78 bits per heavy atom. The third-order valence-electron chi connectivity index (χ3n) is 2.55. The van der Waals surface area contributed by atoms with Crippen LogP contribution in [-0.4, -0.2) is 11.1 Å². The molecule has 18 heavy (non-hydrogen) atoms. The van der Waals surface area contributed by atoms with Crippen LogP contribution in [0.25, 0.3) is 0 Å². The van der Waals surface area contributed by atoms with Gasteiger partial charge in [-0.1, -0.05) is 0 Å². The van der Waals surface area contributed by atoms with Crippen LogP contribution >= 0.6 is 27.3 Å². The first-order valence-corrected chi connectivity index (χ1v) is 7.04. The Kier molecular flexibility index (Phi) is 4.04. The summed E-state index contributed by atoms with van der Waals surface area (Å²) in [7, 11) is 0. The molecule has 0 aliphatic rings. The summed E-state index contributed by atoms with van der Waals surface area (Å²) in [5, 5.41) is 14.3. The lowest BCUT2D eigenvalue weighted by atomic mass is 10.1. The first-order valence-electron chi connectivity index (χ1n) is 5.37. The van der Waals surface area contributed by atoms with Gasteiger partial charge in [-0.3, -0.25) is 0 Å². The second-order valence-electron chi connectivity index (χ2n) is 3.92. The average Bonchev–Trinajstić information content (AvgIpc) is 2.72. The molecule has 0 saturated carbocycles. The fourth-order valence-corrected chi connectivity index (χ4v) is 3.04. The maximum Gasteiger partial charge on any atom is 0.335 e. The van der Waals surface area contributed by atoms with Crippen LogP contribution < -0.4 is 5.32 Å². The van der Waals surface area contributed by atoms with Crippen LogP contribution in [0.1, 0.15) is 20.8 Å². The summed E-state index contributed by atoms with van der Waals surface area (Å²) in [4.78, 5) is 12.1. The van der Waals surface area contributed by atoms with Crippen molar-refractivity contribution in [2.45, 2.75) is 13.5 Å². The third kappa shape index (κ3) is 3.11. The number of carbonyl (C=O) groups is 1. The van der Waals surface area contributed by atoms with Crippen molar-refractivity contribution < 1.29 is 9.90 Å². The minimum atomic E-state index is -0.888. The number of thiophene rings is 1. The number of aryl methyl sites for hydroxylation is 1. The Labute approximate surface area is 118 Å². The lowest BCUT2D eigenvalue weighted by molar-refractivity contribution is 0.0696. The first-order chi connectivity index (χ1) is 8.56. The van der Waals surface area contributed by atoms with Crippen LogP contribution in [0.5, 0.6) is 0 Å². The van der Waals surface area contributed by atoms with Gasteiger partial charge in [-0.05, 0) is 52.7 Å². The molecule has 2 rings (SSSR count). The molecule has 0 bridgehead atoms. The molecule has 0 amide bonds. The van der Waals surface area contributed by atoms with Crippen LogP contribution in [0.4, 0.5) is 5.69 Å². The number of aromatic carboxylic acids is 1. The predicted molar refractivity (Wildman–Crippen MR) is 77.5 cm³/mol. The fourth-order valence-electron chi connectivity index (χ4n) is 1.65. The van der Waals surface area contributed by atoms with Crippen LogP contribution in [0, 0.1) is 6.92 Å². The molecule has 2 aromatic rings. The Morgan fingerprint density at radius 1 is 1.44 bits per heavy atom. The zero-order valence-electron chi connectivity index (χ0n) is 9.74. The molecule has 1 aromatic carbocycles. The van der Waals surface area contributed by atoms with E-state index >= 15 is 0 Å². The SMILES string of the molecule is Cc1cc(NCc2cc(Br)cs2)ccc1C(=O)O. The summed E-state index contributed by atoms with van der Waals surface area (Å²) >= 11 is 5.09. The fraction of sp³-hybridized carbons (Fsp3) is 0.154.